The van der Waals surface area contributed by atoms with Gasteiger partial charge in [0.2, 0.25) is 0 Å². The molecule has 15 heavy (non-hydrogen) atoms. The van der Waals surface area contributed by atoms with Gasteiger partial charge in [-0.3, -0.25) is 0 Å². The lowest BCUT2D eigenvalue weighted by Crippen LogP contribution is -1.98. The molecule has 0 aliphatic rings. The lowest BCUT2D eigenvalue weighted by Gasteiger charge is -2.06. The molecule has 0 aliphatic heterocycles. The summed E-state index contributed by atoms with van der Waals surface area (Å²) in [6, 6.07) is 6.50. The number of thioether (sulfide) groups is 1. The number of aryl methyl sites for hydroxylation is 1. The van der Waals surface area contributed by atoms with Crippen molar-refractivity contribution in [1.82, 2.24) is 0 Å². The Morgan fingerprint density at radius 2 is 1.73 bits per heavy atom. The Labute approximate surface area is 91.9 Å². The second-order valence-corrected chi connectivity index (χ2v) is 4.29. The maximum absolute atomic E-state index is 12.0. The predicted molar refractivity (Wildman–Crippen MR) is 56.6 cm³/mol. The van der Waals surface area contributed by atoms with Gasteiger partial charge in [-0.25, -0.2) is 0 Å². The molecule has 0 N–H and O–H groups in total. The quantitative estimate of drug-likeness (QED) is 0.692. The van der Waals surface area contributed by atoms with Crippen LogP contribution in [0.3, 0.4) is 0 Å². The topological polar surface area (TPSA) is 0 Å². The van der Waals surface area contributed by atoms with E-state index < -0.39 is 5.51 Å². The highest BCUT2D eigenvalue weighted by atomic mass is 32.2. The van der Waals surface area contributed by atoms with Crippen LogP contribution in [-0.4, -0.2) is 5.51 Å². The van der Waals surface area contributed by atoms with E-state index in [2.05, 4.69) is 6.92 Å². The number of hydrogen-bond donors (Lipinski definition) is 0. The monoisotopic (exact) mass is 233 g/mol. The number of benzene rings is 1. The van der Waals surface area contributed by atoms with Gasteiger partial charge in [-0.05, 0) is 42.3 Å². The molecule has 0 amide bonds. The molecule has 0 atom stereocenters. The van der Waals surface area contributed by atoms with Crippen LogP contribution in [-0.2, 0) is 6.42 Å². The summed E-state index contributed by atoms with van der Waals surface area (Å²) in [5.41, 5.74) is -3.14. The third-order valence-corrected chi connectivity index (χ3v) is 2.61. The van der Waals surface area contributed by atoms with Crippen molar-refractivity contribution in [2.75, 3.05) is 0 Å². The van der Waals surface area contributed by atoms with Crippen molar-refractivity contribution in [3.8, 4) is 0 Å². The van der Waals surface area contributed by atoms with Gasteiger partial charge in [-0.2, -0.15) is 13.2 Å². The third-order valence-electron chi connectivity index (χ3n) is 1.87. The van der Waals surface area contributed by atoms with Crippen LogP contribution in [0.15, 0.2) is 29.2 Å². The molecule has 0 nitrogen and oxygen atoms in total. The summed E-state index contributed by atoms with van der Waals surface area (Å²) < 4.78 is 36.0. The summed E-state index contributed by atoms with van der Waals surface area (Å²) in [6.07, 6.45) is 2.69. The minimum absolute atomic E-state index is 0.0791. The summed E-state index contributed by atoms with van der Waals surface area (Å²) in [6.45, 7) is 3.71. The SMILES string of the molecule is [CH2]CCCc1ccc(SC(F)(F)F)cc1. The van der Waals surface area contributed by atoms with Gasteiger partial charge in [-0.15, -0.1) is 0 Å². The predicted octanol–water partition coefficient (Wildman–Crippen LogP) is 4.46. The molecule has 0 bridgehead atoms. The lowest BCUT2D eigenvalue weighted by atomic mass is 10.1. The zero-order chi connectivity index (χ0) is 11.3. The highest BCUT2D eigenvalue weighted by Crippen LogP contribution is 2.36. The molecule has 0 unspecified atom stereocenters. The van der Waals surface area contributed by atoms with Crippen molar-refractivity contribution in [3.05, 3.63) is 36.8 Å². The van der Waals surface area contributed by atoms with Gasteiger partial charge in [0.25, 0.3) is 0 Å². The van der Waals surface area contributed by atoms with Crippen LogP contribution in [0.25, 0.3) is 0 Å². The summed E-state index contributed by atoms with van der Waals surface area (Å²) in [4.78, 5) is 0.237. The van der Waals surface area contributed by atoms with Gasteiger partial charge in [0.15, 0.2) is 0 Å². The zero-order valence-electron chi connectivity index (χ0n) is 8.18. The Balaban J connectivity index is 2.56. The first-order valence-corrected chi connectivity index (χ1v) is 5.47. The van der Waals surface area contributed by atoms with Gasteiger partial charge in [-0.1, -0.05) is 25.5 Å². The van der Waals surface area contributed by atoms with Gasteiger partial charge < -0.3 is 0 Å². The second kappa shape index (κ2) is 5.45. The third kappa shape index (κ3) is 5.11. The average Bonchev–Trinajstić information content (AvgIpc) is 2.14. The molecule has 1 aromatic carbocycles. The zero-order valence-corrected chi connectivity index (χ0v) is 9.00. The maximum atomic E-state index is 12.0. The maximum Gasteiger partial charge on any atom is 0.446 e. The molecule has 1 aromatic rings. The van der Waals surface area contributed by atoms with E-state index in [0.29, 0.717) is 0 Å². The summed E-state index contributed by atoms with van der Waals surface area (Å²) in [5.74, 6) is 0. The molecular weight excluding hydrogens is 221 g/mol. The minimum Gasteiger partial charge on any atom is -0.160 e. The largest absolute Gasteiger partial charge is 0.446 e. The standard InChI is InChI=1S/C11H12F3S/c1-2-3-4-9-5-7-10(8-6-9)15-11(12,13)14/h5-8H,1-4H2. The number of hydrogen-bond acceptors (Lipinski definition) is 1. The van der Waals surface area contributed by atoms with Crippen LogP contribution in [0.5, 0.6) is 0 Å². The first-order valence-electron chi connectivity index (χ1n) is 4.65. The van der Waals surface area contributed by atoms with E-state index in [9.17, 15) is 13.2 Å². The Morgan fingerprint density at radius 3 is 2.20 bits per heavy atom. The van der Waals surface area contributed by atoms with Gasteiger partial charge >= 0.3 is 5.51 Å². The number of halogens is 3. The van der Waals surface area contributed by atoms with Crippen LogP contribution in [0.2, 0.25) is 0 Å². The normalized spacial score (nSPS) is 11.7. The van der Waals surface area contributed by atoms with E-state index in [4.69, 9.17) is 0 Å². The lowest BCUT2D eigenvalue weighted by molar-refractivity contribution is -0.0328. The average molecular weight is 233 g/mol. The van der Waals surface area contributed by atoms with E-state index in [0.717, 1.165) is 24.8 Å². The van der Waals surface area contributed by atoms with Crippen molar-refractivity contribution < 1.29 is 13.2 Å². The molecule has 0 saturated carbocycles. The summed E-state index contributed by atoms with van der Waals surface area (Å²) >= 11 is -0.0791. The van der Waals surface area contributed by atoms with Crippen molar-refractivity contribution in [3.63, 3.8) is 0 Å². The highest BCUT2D eigenvalue weighted by Gasteiger charge is 2.28. The fourth-order valence-electron chi connectivity index (χ4n) is 1.19. The molecule has 0 heterocycles. The van der Waals surface area contributed by atoms with Crippen molar-refractivity contribution >= 4 is 11.8 Å². The first-order chi connectivity index (χ1) is 7.01. The van der Waals surface area contributed by atoms with Crippen LogP contribution in [0, 0.1) is 6.92 Å². The van der Waals surface area contributed by atoms with Crippen LogP contribution in [0.4, 0.5) is 13.2 Å². The Morgan fingerprint density at radius 1 is 1.13 bits per heavy atom. The van der Waals surface area contributed by atoms with E-state index in [1.165, 1.54) is 12.1 Å². The first kappa shape index (κ1) is 12.4. The smallest absolute Gasteiger partial charge is 0.160 e. The minimum atomic E-state index is -4.20. The van der Waals surface area contributed by atoms with Gasteiger partial charge in [0, 0.05) is 4.90 Å². The summed E-state index contributed by atoms with van der Waals surface area (Å²) in [5, 5.41) is 0. The van der Waals surface area contributed by atoms with E-state index in [1.807, 2.05) is 0 Å². The van der Waals surface area contributed by atoms with Crippen molar-refractivity contribution in [1.29, 1.82) is 0 Å². The van der Waals surface area contributed by atoms with Crippen LogP contribution >= 0.6 is 11.8 Å². The fraction of sp³-hybridized carbons (Fsp3) is 0.364. The Hall–Kier alpha value is -0.640. The van der Waals surface area contributed by atoms with Gasteiger partial charge in [0.05, 0.1) is 0 Å². The van der Waals surface area contributed by atoms with Crippen LogP contribution in [0.1, 0.15) is 18.4 Å². The molecule has 0 saturated heterocycles. The molecule has 83 valence electrons. The molecular formula is C11H12F3S. The van der Waals surface area contributed by atoms with Crippen molar-refractivity contribution in [2.45, 2.75) is 29.7 Å². The van der Waals surface area contributed by atoms with E-state index in [1.54, 1.807) is 12.1 Å². The Kier molecular flexibility index (Phi) is 4.51. The Bertz CT molecular complexity index is 290. The molecule has 0 aliphatic carbocycles. The van der Waals surface area contributed by atoms with Crippen LogP contribution < -0.4 is 0 Å². The molecule has 0 fully saturated rings. The molecule has 0 spiro atoms. The van der Waals surface area contributed by atoms with E-state index in [-0.39, 0.29) is 16.7 Å². The fourth-order valence-corrected chi connectivity index (χ4v) is 1.73. The molecule has 4 heteroatoms. The molecule has 0 aromatic heterocycles. The number of rotatable bonds is 4. The molecule has 1 rings (SSSR count). The number of unbranched alkanes of at least 4 members (excludes halogenated alkanes) is 1. The molecule has 1 radical (unpaired) electrons. The van der Waals surface area contributed by atoms with E-state index >= 15 is 0 Å². The van der Waals surface area contributed by atoms with Gasteiger partial charge in [0.1, 0.15) is 0 Å². The summed E-state index contributed by atoms with van der Waals surface area (Å²) in [7, 11) is 0. The highest BCUT2D eigenvalue weighted by molar-refractivity contribution is 8.00. The number of alkyl halides is 3. The second-order valence-electron chi connectivity index (χ2n) is 3.15. The van der Waals surface area contributed by atoms with Crippen molar-refractivity contribution in [2.24, 2.45) is 0 Å².